The summed E-state index contributed by atoms with van der Waals surface area (Å²) in [6, 6.07) is 19.2. The van der Waals surface area contributed by atoms with E-state index in [1.165, 1.54) is 16.7 Å². The Hall–Kier alpha value is -2.55. The van der Waals surface area contributed by atoms with E-state index in [9.17, 15) is 10.4 Å². The van der Waals surface area contributed by atoms with Crippen LogP contribution >= 0.6 is 0 Å². The molecular weight excluding hydrogens is 330 g/mol. The van der Waals surface area contributed by atoms with Crippen LogP contribution in [-0.4, -0.2) is 10.7 Å². The number of nitrogens with zero attached hydrogens (tertiary/aromatic N) is 1. The molecule has 0 amide bonds. The first kappa shape index (κ1) is 17.8. The molecule has 0 unspecified atom stereocenters. The van der Waals surface area contributed by atoms with Crippen LogP contribution in [0.1, 0.15) is 54.9 Å². The normalized spacial score (nSPS) is 28.9. The first-order chi connectivity index (χ1) is 13.1. The molecule has 1 N–H and O–H groups in total. The van der Waals surface area contributed by atoms with Crippen molar-refractivity contribution in [2.75, 3.05) is 0 Å². The van der Waals surface area contributed by atoms with Crippen molar-refractivity contribution in [1.82, 2.24) is 0 Å². The van der Waals surface area contributed by atoms with Crippen LogP contribution in [0.4, 0.5) is 0 Å². The summed E-state index contributed by atoms with van der Waals surface area (Å²) in [5.41, 5.74) is 3.94. The van der Waals surface area contributed by atoms with Gasteiger partial charge < -0.3 is 5.11 Å². The van der Waals surface area contributed by atoms with Crippen molar-refractivity contribution >= 4 is 0 Å². The lowest BCUT2D eigenvalue weighted by atomic mass is 9.52. The first-order valence-electron chi connectivity index (χ1n) is 9.82. The Morgan fingerprint density at radius 3 is 2.70 bits per heavy atom. The van der Waals surface area contributed by atoms with Crippen LogP contribution < -0.4 is 0 Å². The summed E-state index contributed by atoms with van der Waals surface area (Å²) in [4.78, 5) is 0. The molecule has 0 radical (unpaired) electrons. The minimum Gasteiger partial charge on any atom is -0.378 e. The van der Waals surface area contributed by atoms with Gasteiger partial charge in [-0.1, -0.05) is 42.3 Å². The predicted octanol–water partition coefficient (Wildman–Crippen LogP) is 4.54. The molecule has 2 aromatic rings. The molecule has 0 spiro atoms. The number of nitriles is 1. The summed E-state index contributed by atoms with van der Waals surface area (Å²) < 4.78 is 0. The molecule has 2 nitrogen and oxygen atoms in total. The molecule has 1 fully saturated rings. The third kappa shape index (κ3) is 3.16. The lowest BCUT2D eigenvalue weighted by Gasteiger charge is -2.52. The van der Waals surface area contributed by atoms with Crippen LogP contribution in [0, 0.1) is 29.1 Å². The second kappa shape index (κ2) is 6.88. The number of aryl methyl sites for hydroxylation is 1. The number of benzene rings is 2. The van der Waals surface area contributed by atoms with Gasteiger partial charge in [-0.05, 0) is 80.2 Å². The SMILES string of the molecule is CC#C[C@@]1(O)CC[C@]2(Cc3ccccc3)c3ccc(C#N)cc3CC[C@H]2C1. The van der Waals surface area contributed by atoms with Crippen molar-refractivity contribution in [1.29, 1.82) is 5.26 Å². The van der Waals surface area contributed by atoms with Crippen molar-refractivity contribution in [3.05, 3.63) is 70.8 Å². The van der Waals surface area contributed by atoms with Gasteiger partial charge in [-0.3, -0.25) is 0 Å². The molecule has 2 aliphatic rings. The van der Waals surface area contributed by atoms with E-state index in [-0.39, 0.29) is 5.41 Å². The van der Waals surface area contributed by atoms with Crippen molar-refractivity contribution in [2.45, 2.75) is 56.5 Å². The van der Waals surface area contributed by atoms with Gasteiger partial charge in [0.25, 0.3) is 0 Å². The average Bonchev–Trinajstić information content (AvgIpc) is 2.69. The van der Waals surface area contributed by atoms with Gasteiger partial charge in [0, 0.05) is 5.41 Å². The lowest BCUT2D eigenvalue weighted by Crippen LogP contribution is -2.50. The molecule has 1 saturated carbocycles. The summed E-state index contributed by atoms with van der Waals surface area (Å²) in [6.07, 6.45) is 5.37. The van der Waals surface area contributed by atoms with Gasteiger partial charge in [-0.25, -0.2) is 0 Å². The van der Waals surface area contributed by atoms with E-state index in [4.69, 9.17) is 0 Å². The van der Waals surface area contributed by atoms with Gasteiger partial charge in [0.2, 0.25) is 0 Å². The summed E-state index contributed by atoms with van der Waals surface area (Å²) >= 11 is 0. The Morgan fingerprint density at radius 2 is 1.96 bits per heavy atom. The molecule has 136 valence electrons. The van der Waals surface area contributed by atoms with E-state index in [1.807, 2.05) is 13.0 Å². The van der Waals surface area contributed by atoms with Crippen LogP contribution in [-0.2, 0) is 18.3 Å². The van der Waals surface area contributed by atoms with Gasteiger partial charge in [0.15, 0.2) is 0 Å². The smallest absolute Gasteiger partial charge is 0.125 e. The summed E-state index contributed by atoms with van der Waals surface area (Å²) in [6.45, 7) is 1.81. The Morgan fingerprint density at radius 1 is 1.15 bits per heavy atom. The largest absolute Gasteiger partial charge is 0.378 e. The highest BCUT2D eigenvalue weighted by Gasteiger charge is 2.51. The van der Waals surface area contributed by atoms with E-state index >= 15 is 0 Å². The molecule has 3 atom stereocenters. The number of aliphatic hydroxyl groups is 1. The lowest BCUT2D eigenvalue weighted by molar-refractivity contribution is -0.00801. The van der Waals surface area contributed by atoms with E-state index in [1.54, 1.807) is 0 Å². The van der Waals surface area contributed by atoms with Crippen LogP contribution in [0.3, 0.4) is 0 Å². The standard InChI is InChI=1S/C25H25NO/c1-2-12-24(27)13-14-25(16-19-6-4-3-5-7-19)22(17-24)10-9-21-15-20(18-26)8-11-23(21)25/h3-8,11,15,22,27H,9-10,13-14,16-17H2,1H3/t22-,24+,25+/m0/s1. The number of hydrogen-bond acceptors (Lipinski definition) is 2. The molecule has 27 heavy (non-hydrogen) atoms. The van der Waals surface area contributed by atoms with Crippen molar-refractivity contribution in [3.63, 3.8) is 0 Å². The van der Waals surface area contributed by atoms with Gasteiger partial charge in [0.05, 0.1) is 11.6 Å². The van der Waals surface area contributed by atoms with E-state index in [0.717, 1.165) is 37.7 Å². The van der Waals surface area contributed by atoms with Crippen LogP contribution in [0.15, 0.2) is 48.5 Å². The fourth-order valence-corrected chi connectivity index (χ4v) is 5.39. The zero-order valence-corrected chi connectivity index (χ0v) is 15.8. The Bertz CT molecular complexity index is 946. The maximum atomic E-state index is 11.0. The molecule has 2 aromatic carbocycles. The highest BCUT2D eigenvalue weighted by molar-refractivity contribution is 5.46. The van der Waals surface area contributed by atoms with E-state index in [0.29, 0.717) is 12.3 Å². The van der Waals surface area contributed by atoms with Gasteiger partial charge in [-0.2, -0.15) is 5.26 Å². The summed E-state index contributed by atoms with van der Waals surface area (Å²) in [5.74, 6) is 6.41. The van der Waals surface area contributed by atoms with Crippen LogP contribution in [0.5, 0.6) is 0 Å². The highest BCUT2D eigenvalue weighted by atomic mass is 16.3. The maximum Gasteiger partial charge on any atom is 0.125 e. The quantitative estimate of drug-likeness (QED) is 0.804. The maximum absolute atomic E-state index is 11.0. The van der Waals surface area contributed by atoms with Crippen LogP contribution in [0.25, 0.3) is 0 Å². The summed E-state index contributed by atoms with van der Waals surface area (Å²) in [7, 11) is 0. The number of fused-ring (bicyclic) bond motifs is 3. The number of hydrogen-bond donors (Lipinski definition) is 1. The molecule has 0 bridgehead atoms. The summed E-state index contributed by atoms with van der Waals surface area (Å²) in [5, 5.41) is 20.3. The van der Waals surface area contributed by atoms with Gasteiger partial charge in [-0.15, -0.1) is 5.92 Å². The third-order valence-electron chi connectivity index (χ3n) is 6.60. The second-order valence-corrected chi connectivity index (χ2v) is 8.15. The van der Waals surface area contributed by atoms with Gasteiger partial charge in [0.1, 0.15) is 5.60 Å². The van der Waals surface area contributed by atoms with Crippen molar-refractivity contribution < 1.29 is 5.11 Å². The minimum absolute atomic E-state index is 0.0184. The molecule has 0 saturated heterocycles. The van der Waals surface area contributed by atoms with Crippen molar-refractivity contribution in [3.8, 4) is 17.9 Å². The minimum atomic E-state index is -0.857. The van der Waals surface area contributed by atoms with E-state index in [2.05, 4.69) is 60.4 Å². The molecule has 2 heteroatoms. The second-order valence-electron chi connectivity index (χ2n) is 8.15. The average molecular weight is 355 g/mol. The van der Waals surface area contributed by atoms with E-state index < -0.39 is 5.60 Å². The predicted molar refractivity (Wildman–Crippen MR) is 107 cm³/mol. The Balaban J connectivity index is 1.80. The molecule has 4 rings (SSSR count). The molecule has 0 heterocycles. The van der Waals surface area contributed by atoms with Crippen LogP contribution in [0.2, 0.25) is 0 Å². The molecule has 0 aromatic heterocycles. The molecule has 2 aliphatic carbocycles. The zero-order chi connectivity index (χ0) is 18.9. The number of rotatable bonds is 2. The fraction of sp³-hybridized carbons (Fsp3) is 0.400. The highest BCUT2D eigenvalue weighted by Crippen LogP contribution is 2.54. The molecular formula is C25H25NO. The fourth-order valence-electron chi connectivity index (χ4n) is 5.39. The topological polar surface area (TPSA) is 44.0 Å². The molecule has 0 aliphatic heterocycles. The van der Waals surface area contributed by atoms with Gasteiger partial charge >= 0.3 is 0 Å². The zero-order valence-electron chi connectivity index (χ0n) is 15.8. The Kier molecular flexibility index (Phi) is 4.55. The first-order valence-corrected chi connectivity index (χ1v) is 9.82. The monoisotopic (exact) mass is 355 g/mol. The van der Waals surface area contributed by atoms with Crippen molar-refractivity contribution in [2.24, 2.45) is 5.92 Å². The Labute approximate surface area is 161 Å². The third-order valence-corrected chi connectivity index (χ3v) is 6.60.